The largest absolute Gasteiger partial charge is 0.354 e. The molecule has 3 aromatic rings. The molecule has 0 bridgehead atoms. The Morgan fingerprint density at radius 1 is 1.03 bits per heavy atom. The molecule has 0 atom stereocenters. The number of hydrogen-bond donors (Lipinski definition) is 1. The summed E-state index contributed by atoms with van der Waals surface area (Å²) in [6.07, 6.45) is 0. The monoisotopic (exact) mass is 438 g/mol. The van der Waals surface area contributed by atoms with Crippen LogP contribution in [0.4, 0.5) is 4.79 Å². The molecule has 1 aliphatic rings. The third-order valence-corrected chi connectivity index (χ3v) is 6.38. The molecule has 152 valence electrons. The summed E-state index contributed by atoms with van der Waals surface area (Å²) in [4.78, 5) is 36.5. The molecule has 7 nitrogen and oxygen atoms in total. The van der Waals surface area contributed by atoms with Gasteiger partial charge in [0.1, 0.15) is 10.7 Å². The molecule has 4 rings (SSSR count). The topological polar surface area (TPSA) is 92.3 Å². The van der Waals surface area contributed by atoms with Gasteiger partial charge in [-0.05, 0) is 0 Å². The number of thioether (sulfide) groups is 2. The quantitative estimate of drug-likeness (QED) is 0.566. The fourth-order valence-corrected chi connectivity index (χ4v) is 4.64. The molecular formula is C21H18N4O3S2. The Kier molecular flexibility index (Phi) is 6.29. The zero-order valence-electron chi connectivity index (χ0n) is 15.9. The van der Waals surface area contributed by atoms with E-state index in [0.29, 0.717) is 5.03 Å². The minimum atomic E-state index is -0.260. The first-order valence-electron chi connectivity index (χ1n) is 9.31. The number of rotatable bonds is 7. The van der Waals surface area contributed by atoms with Gasteiger partial charge in [-0.1, -0.05) is 78.1 Å². The van der Waals surface area contributed by atoms with Crippen molar-refractivity contribution in [1.29, 1.82) is 0 Å². The van der Waals surface area contributed by atoms with E-state index < -0.39 is 0 Å². The first kappa shape index (κ1) is 20.4. The SMILES string of the molecule is O=C(CSc1nnc(-c2ccccc2)c2ccccc12)NCCN1C(=O)CSC1=O. The third kappa shape index (κ3) is 4.47. The highest BCUT2D eigenvalue weighted by atomic mass is 32.2. The number of aromatic nitrogens is 2. The molecule has 1 saturated heterocycles. The van der Waals surface area contributed by atoms with E-state index in [0.717, 1.165) is 33.8 Å². The van der Waals surface area contributed by atoms with Crippen molar-refractivity contribution < 1.29 is 14.4 Å². The highest BCUT2D eigenvalue weighted by molar-refractivity contribution is 8.14. The Balaban J connectivity index is 1.40. The van der Waals surface area contributed by atoms with Crippen LogP contribution in [0.15, 0.2) is 59.6 Å². The van der Waals surface area contributed by atoms with Gasteiger partial charge in [0.2, 0.25) is 11.8 Å². The van der Waals surface area contributed by atoms with Crippen molar-refractivity contribution >= 4 is 51.3 Å². The standard InChI is InChI=1S/C21H18N4O3S2/c26-17(22-10-11-25-18(27)13-30-21(25)28)12-29-20-16-9-5-4-8-15(16)19(23-24-20)14-6-2-1-3-7-14/h1-9H,10-13H2,(H,22,26). The second-order valence-electron chi connectivity index (χ2n) is 6.50. The Morgan fingerprint density at radius 2 is 1.77 bits per heavy atom. The molecule has 1 fully saturated rings. The average Bonchev–Trinajstić information content (AvgIpc) is 3.10. The van der Waals surface area contributed by atoms with Crippen LogP contribution in [0.3, 0.4) is 0 Å². The van der Waals surface area contributed by atoms with E-state index in [4.69, 9.17) is 0 Å². The minimum absolute atomic E-state index is 0.167. The summed E-state index contributed by atoms with van der Waals surface area (Å²) >= 11 is 2.29. The molecule has 0 saturated carbocycles. The maximum Gasteiger partial charge on any atom is 0.288 e. The van der Waals surface area contributed by atoms with Crippen LogP contribution in [0.25, 0.3) is 22.0 Å². The van der Waals surface area contributed by atoms with E-state index in [1.165, 1.54) is 16.7 Å². The van der Waals surface area contributed by atoms with E-state index >= 15 is 0 Å². The van der Waals surface area contributed by atoms with E-state index in [1.54, 1.807) is 0 Å². The van der Waals surface area contributed by atoms with Crippen LogP contribution >= 0.6 is 23.5 Å². The molecule has 2 aromatic carbocycles. The number of carbonyl (C=O) groups is 3. The summed E-state index contributed by atoms with van der Waals surface area (Å²) in [5.41, 5.74) is 1.79. The highest BCUT2D eigenvalue weighted by Crippen LogP contribution is 2.31. The zero-order chi connectivity index (χ0) is 20.9. The predicted molar refractivity (Wildman–Crippen MR) is 118 cm³/mol. The summed E-state index contributed by atoms with van der Waals surface area (Å²) in [6, 6.07) is 17.7. The molecule has 2 heterocycles. The molecule has 0 radical (unpaired) electrons. The summed E-state index contributed by atoms with van der Waals surface area (Å²) in [6.45, 7) is 0.423. The smallest absolute Gasteiger partial charge is 0.288 e. The lowest BCUT2D eigenvalue weighted by Crippen LogP contribution is -2.38. The fraction of sp³-hybridized carbons (Fsp3) is 0.190. The Bertz CT molecular complexity index is 1090. The Labute approximate surface area is 181 Å². The maximum absolute atomic E-state index is 12.2. The molecule has 3 amide bonds. The number of carbonyl (C=O) groups excluding carboxylic acids is 3. The van der Waals surface area contributed by atoms with Gasteiger partial charge in [-0.15, -0.1) is 10.2 Å². The molecule has 30 heavy (non-hydrogen) atoms. The van der Waals surface area contributed by atoms with Gasteiger partial charge in [-0.25, -0.2) is 0 Å². The van der Waals surface area contributed by atoms with E-state index in [-0.39, 0.29) is 41.6 Å². The normalized spacial score (nSPS) is 13.8. The van der Waals surface area contributed by atoms with Crippen LogP contribution in [0.5, 0.6) is 0 Å². The van der Waals surface area contributed by atoms with Crippen LogP contribution < -0.4 is 5.32 Å². The highest BCUT2D eigenvalue weighted by Gasteiger charge is 2.29. The van der Waals surface area contributed by atoms with Crippen molar-refractivity contribution in [2.75, 3.05) is 24.6 Å². The fourth-order valence-electron chi connectivity index (χ4n) is 3.08. The van der Waals surface area contributed by atoms with Gasteiger partial charge in [0.15, 0.2) is 0 Å². The Hall–Kier alpha value is -2.91. The van der Waals surface area contributed by atoms with Crippen LogP contribution in [0.1, 0.15) is 0 Å². The number of nitrogens with zero attached hydrogens (tertiary/aromatic N) is 3. The predicted octanol–water partition coefficient (Wildman–Crippen LogP) is 3.20. The second kappa shape index (κ2) is 9.27. The van der Waals surface area contributed by atoms with Gasteiger partial charge >= 0.3 is 0 Å². The van der Waals surface area contributed by atoms with Gasteiger partial charge in [0.25, 0.3) is 5.24 Å². The average molecular weight is 439 g/mol. The molecule has 1 aromatic heterocycles. The van der Waals surface area contributed by atoms with Crippen molar-refractivity contribution in [3.8, 4) is 11.3 Å². The molecule has 9 heteroatoms. The maximum atomic E-state index is 12.2. The zero-order valence-corrected chi connectivity index (χ0v) is 17.5. The molecule has 0 unspecified atom stereocenters. The van der Waals surface area contributed by atoms with Crippen molar-refractivity contribution in [3.63, 3.8) is 0 Å². The molecule has 1 aliphatic heterocycles. The number of imide groups is 1. The van der Waals surface area contributed by atoms with Gasteiger partial charge in [-0.2, -0.15) is 0 Å². The third-order valence-electron chi connectivity index (χ3n) is 4.54. The number of benzene rings is 2. The summed E-state index contributed by atoms with van der Waals surface area (Å²) in [5, 5.41) is 13.8. The molecule has 0 spiro atoms. The van der Waals surface area contributed by atoms with E-state index in [9.17, 15) is 14.4 Å². The van der Waals surface area contributed by atoms with Gasteiger partial charge < -0.3 is 5.32 Å². The van der Waals surface area contributed by atoms with Crippen molar-refractivity contribution in [1.82, 2.24) is 20.4 Å². The molecule has 1 N–H and O–H groups in total. The Morgan fingerprint density at radius 3 is 2.50 bits per heavy atom. The number of fused-ring (bicyclic) bond motifs is 1. The van der Waals surface area contributed by atoms with Crippen molar-refractivity contribution in [2.45, 2.75) is 5.03 Å². The lowest BCUT2D eigenvalue weighted by Gasteiger charge is -2.13. The summed E-state index contributed by atoms with van der Waals surface area (Å²) < 4.78 is 0. The van der Waals surface area contributed by atoms with Crippen molar-refractivity contribution in [3.05, 3.63) is 54.6 Å². The first-order chi connectivity index (χ1) is 14.6. The minimum Gasteiger partial charge on any atom is -0.354 e. The van der Waals surface area contributed by atoms with Crippen LogP contribution in [-0.2, 0) is 9.59 Å². The number of amides is 3. The number of hydrogen-bond acceptors (Lipinski definition) is 7. The van der Waals surface area contributed by atoms with E-state index in [1.807, 2.05) is 54.6 Å². The van der Waals surface area contributed by atoms with Crippen molar-refractivity contribution in [2.24, 2.45) is 0 Å². The van der Waals surface area contributed by atoms with Crippen LogP contribution in [0, 0.1) is 0 Å². The molecular weight excluding hydrogens is 420 g/mol. The number of nitrogens with one attached hydrogen (secondary N) is 1. The van der Waals surface area contributed by atoms with Crippen LogP contribution in [-0.4, -0.2) is 56.7 Å². The molecule has 0 aliphatic carbocycles. The lowest BCUT2D eigenvalue weighted by atomic mass is 10.1. The van der Waals surface area contributed by atoms with Gasteiger partial charge in [0.05, 0.1) is 11.5 Å². The van der Waals surface area contributed by atoms with Gasteiger partial charge in [-0.3, -0.25) is 19.3 Å². The second-order valence-corrected chi connectivity index (χ2v) is 8.39. The first-order valence-corrected chi connectivity index (χ1v) is 11.3. The summed E-state index contributed by atoms with van der Waals surface area (Å²) in [5.74, 6) is -0.0634. The van der Waals surface area contributed by atoms with Crippen LogP contribution in [0.2, 0.25) is 0 Å². The van der Waals surface area contributed by atoms with E-state index in [2.05, 4.69) is 15.5 Å². The summed E-state index contributed by atoms with van der Waals surface area (Å²) in [7, 11) is 0. The lowest BCUT2D eigenvalue weighted by molar-refractivity contribution is -0.125. The van der Waals surface area contributed by atoms with Gasteiger partial charge in [0, 0.05) is 29.4 Å².